The molecule has 1 unspecified atom stereocenters. The molecule has 4 rings (SSSR count). The van der Waals surface area contributed by atoms with Gasteiger partial charge in [-0.25, -0.2) is 23.7 Å². The van der Waals surface area contributed by atoms with E-state index in [2.05, 4.69) is 37.4 Å². The number of carbonyl (C=O) groups is 1. The Hall–Kier alpha value is -3.62. The Bertz CT molecular complexity index is 1300. The number of hydrogen-bond donors (Lipinski definition) is 4. The van der Waals surface area contributed by atoms with Crippen molar-refractivity contribution < 1.29 is 23.8 Å². The lowest BCUT2D eigenvalue weighted by atomic mass is 9.85. The number of carbonyl (C=O) groups excluding carboxylic acids is 1. The molecule has 4 atom stereocenters. The monoisotopic (exact) mass is 456 g/mol. The van der Waals surface area contributed by atoms with Gasteiger partial charge in [-0.1, -0.05) is 5.92 Å². The molecule has 1 fully saturated rings. The van der Waals surface area contributed by atoms with Crippen LogP contribution in [0.3, 0.4) is 0 Å². The Kier molecular flexibility index (Phi) is 5.73. The first-order chi connectivity index (χ1) is 15.7. The molecule has 2 heterocycles. The number of anilines is 1. The molecule has 1 amide bonds. The molecule has 0 spiro atoms. The zero-order chi connectivity index (χ0) is 23.9. The van der Waals surface area contributed by atoms with E-state index in [1.54, 1.807) is 18.5 Å². The van der Waals surface area contributed by atoms with Gasteiger partial charge in [-0.15, -0.1) is 0 Å². The van der Waals surface area contributed by atoms with Gasteiger partial charge in [0.25, 0.3) is 0 Å². The van der Waals surface area contributed by atoms with E-state index in [0.717, 1.165) is 12.1 Å². The van der Waals surface area contributed by atoms with E-state index >= 15 is 0 Å². The molecular weight excluding hydrogens is 434 g/mol. The molecule has 0 saturated heterocycles. The van der Waals surface area contributed by atoms with Crippen molar-refractivity contribution in [3.8, 4) is 11.8 Å². The summed E-state index contributed by atoms with van der Waals surface area (Å²) in [7, 11) is 3.11. The van der Waals surface area contributed by atoms with Crippen LogP contribution in [0.15, 0.2) is 24.5 Å². The summed E-state index contributed by atoms with van der Waals surface area (Å²) in [6.45, 7) is 1.59. The van der Waals surface area contributed by atoms with Crippen LogP contribution in [0.2, 0.25) is 0 Å². The highest BCUT2D eigenvalue weighted by Crippen LogP contribution is 2.45. The SMILES string of the molecule is CNC(=O)C1(C)C[C@@H](n2cnc3c(NC)nc(C#Cc4ccc(F)c(F)c4)nc32)[C@H](O)[C@@H]1O. The van der Waals surface area contributed by atoms with Crippen LogP contribution in [0, 0.1) is 28.9 Å². The zero-order valence-electron chi connectivity index (χ0n) is 18.1. The number of fused-ring (bicyclic) bond motifs is 1. The van der Waals surface area contributed by atoms with E-state index in [1.165, 1.54) is 19.4 Å². The average molecular weight is 456 g/mol. The topological polar surface area (TPSA) is 125 Å². The minimum atomic E-state index is -1.29. The van der Waals surface area contributed by atoms with Crippen molar-refractivity contribution in [2.45, 2.75) is 31.6 Å². The molecule has 0 aliphatic heterocycles. The van der Waals surface area contributed by atoms with E-state index in [-0.39, 0.29) is 23.7 Å². The van der Waals surface area contributed by atoms with Gasteiger partial charge in [0.1, 0.15) is 6.10 Å². The first-order valence-electron chi connectivity index (χ1n) is 10.2. The van der Waals surface area contributed by atoms with E-state index < -0.39 is 35.3 Å². The molecule has 11 heteroatoms. The van der Waals surface area contributed by atoms with E-state index in [9.17, 15) is 23.8 Å². The number of nitrogens with zero attached hydrogens (tertiary/aromatic N) is 4. The second-order valence-electron chi connectivity index (χ2n) is 8.05. The second kappa shape index (κ2) is 8.38. The van der Waals surface area contributed by atoms with Crippen LogP contribution in [0.25, 0.3) is 11.2 Å². The van der Waals surface area contributed by atoms with Gasteiger partial charge in [-0.05, 0) is 37.5 Å². The highest BCUT2D eigenvalue weighted by molar-refractivity contribution is 5.85. The summed E-state index contributed by atoms with van der Waals surface area (Å²) < 4.78 is 28.2. The number of imidazole rings is 1. The summed E-state index contributed by atoms with van der Waals surface area (Å²) in [6, 6.07) is 2.61. The maximum Gasteiger partial charge on any atom is 0.228 e. The molecule has 0 bridgehead atoms. The molecule has 3 aromatic rings. The van der Waals surface area contributed by atoms with Crippen LogP contribution in [-0.2, 0) is 4.79 Å². The van der Waals surface area contributed by atoms with E-state index in [1.807, 2.05) is 0 Å². The lowest BCUT2D eigenvalue weighted by molar-refractivity contribution is -0.136. The smallest absolute Gasteiger partial charge is 0.228 e. The van der Waals surface area contributed by atoms with Crippen LogP contribution >= 0.6 is 0 Å². The summed E-state index contributed by atoms with van der Waals surface area (Å²) in [4.78, 5) is 25.4. The third kappa shape index (κ3) is 3.77. The fourth-order valence-electron chi connectivity index (χ4n) is 4.13. The van der Waals surface area contributed by atoms with Crippen molar-refractivity contribution in [1.29, 1.82) is 0 Å². The number of nitrogens with one attached hydrogen (secondary N) is 2. The standard InChI is InChI=1S/C22H22F2N6O3/c1-22(21(33)26-3)9-14(17(31)18(22)32)30-10-27-16-19(25-2)28-15(29-20(16)30)7-5-11-4-6-12(23)13(24)8-11/h4,6,8,10,14,17-18,31-32H,9H2,1-3H3,(H,26,33)(H,25,28,29)/t14-,17+,18+,22?/m1/s1. The number of amides is 1. The van der Waals surface area contributed by atoms with Crippen molar-refractivity contribution in [3.05, 3.63) is 47.5 Å². The molecule has 1 saturated carbocycles. The van der Waals surface area contributed by atoms with Crippen LogP contribution in [0.5, 0.6) is 0 Å². The van der Waals surface area contributed by atoms with Crippen molar-refractivity contribution in [3.63, 3.8) is 0 Å². The fourth-order valence-corrected chi connectivity index (χ4v) is 4.13. The molecular formula is C22H22F2N6O3. The number of benzene rings is 1. The van der Waals surface area contributed by atoms with E-state index in [0.29, 0.717) is 17.0 Å². The minimum absolute atomic E-state index is 0.0837. The van der Waals surface area contributed by atoms with Gasteiger partial charge in [-0.2, -0.15) is 0 Å². The van der Waals surface area contributed by atoms with Gasteiger partial charge in [0, 0.05) is 19.7 Å². The lowest BCUT2D eigenvalue weighted by Crippen LogP contribution is -2.45. The van der Waals surface area contributed by atoms with Crippen LogP contribution < -0.4 is 10.6 Å². The van der Waals surface area contributed by atoms with Crippen molar-refractivity contribution in [2.24, 2.45) is 5.41 Å². The normalized spacial score (nSPS) is 24.4. The quantitative estimate of drug-likeness (QED) is 0.433. The molecule has 1 aromatic carbocycles. The Balaban J connectivity index is 1.77. The third-order valence-electron chi connectivity index (χ3n) is 6.00. The number of halogens is 2. The summed E-state index contributed by atoms with van der Waals surface area (Å²) in [5, 5.41) is 26.8. The lowest BCUT2D eigenvalue weighted by Gasteiger charge is -2.26. The van der Waals surface area contributed by atoms with Crippen LogP contribution in [0.4, 0.5) is 14.6 Å². The molecule has 33 heavy (non-hydrogen) atoms. The van der Waals surface area contributed by atoms with Gasteiger partial charge >= 0.3 is 0 Å². The molecule has 1 aliphatic carbocycles. The zero-order valence-corrected chi connectivity index (χ0v) is 18.1. The van der Waals surface area contributed by atoms with E-state index in [4.69, 9.17) is 0 Å². The Morgan fingerprint density at radius 3 is 2.64 bits per heavy atom. The van der Waals surface area contributed by atoms with Gasteiger partial charge in [0.05, 0.1) is 23.9 Å². The van der Waals surface area contributed by atoms with Gasteiger partial charge in [-0.3, -0.25) is 4.79 Å². The summed E-state index contributed by atoms with van der Waals surface area (Å²) in [6.07, 6.45) is -0.925. The number of aromatic nitrogens is 4. The van der Waals surface area contributed by atoms with Crippen molar-refractivity contribution >= 4 is 22.9 Å². The molecule has 0 radical (unpaired) electrons. The van der Waals surface area contributed by atoms with Crippen LogP contribution in [0.1, 0.15) is 30.8 Å². The molecule has 172 valence electrons. The molecule has 2 aromatic heterocycles. The Morgan fingerprint density at radius 1 is 1.21 bits per heavy atom. The van der Waals surface area contributed by atoms with Crippen molar-refractivity contribution in [1.82, 2.24) is 24.8 Å². The highest BCUT2D eigenvalue weighted by atomic mass is 19.2. The van der Waals surface area contributed by atoms with Gasteiger partial charge in [0.2, 0.25) is 11.7 Å². The molecule has 9 nitrogen and oxygen atoms in total. The number of aliphatic hydroxyl groups excluding tert-OH is 2. The predicted octanol–water partition coefficient (Wildman–Crippen LogP) is 0.965. The second-order valence-corrected chi connectivity index (χ2v) is 8.05. The van der Waals surface area contributed by atoms with Gasteiger partial charge < -0.3 is 25.4 Å². The average Bonchev–Trinajstić information content (AvgIpc) is 3.33. The number of aliphatic hydroxyl groups is 2. The predicted molar refractivity (Wildman–Crippen MR) is 115 cm³/mol. The summed E-state index contributed by atoms with van der Waals surface area (Å²) >= 11 is 0. The maximum atomic E-state index is 13.5. The number of rotatable bonds is 3. The maximum absolute atomic E-state index is 13.5. The largest absolute Gasteiger partial charge is 0.389 e. The van der Waals surface area contributed by atoms with Crippen LogP contribution in [-0.4, -0.2) is 61.9 Å². The molecule has 1 aliphatic rings. The first-order valence-corrected chi connectivity index (χ1v) is 10.2. The molecule has 4 N–H and O–H groups in total. The van der Waals surface area contributed by atoms with Crippen molar-refractivity contribution in [2.75, 3.05) is 19.4 Å². The first kappa shape index (κ1) is 22.6. The van der Waals surface area contributed by atoms with Gasteiger partial charge in [0.15, 0.2) is 28.6 Å². The summed E-state index contributed by atoms with van der Waals surface area (Å²) in [5.74, 6) is 3.51. The number of hydrogen-bond acceptors (Lipinski definition) is 7. The fraction of sp³-hybridized carbons (Fsp3) is 0.364. The third-order valence-corrected chi connectivity index (χ3v) is 6.00. The Morgan fingerprint density at radius 2 is 1.97 bits per heavy atom. The Labute approximate surface area is 187 Å². The minimum Gasteiger partial charge on any atom is -0.389 e. The summed E-state index contributed by atoms with van der Waals surface area (Å²) in [5.41, 5.74) is -0.218. The highest BCUT2D eigenvalue weighted by Gasteiger charge is 2.54.